The molecule has 0 aliphatic rings. The Hall–Kier alpha value is -1.81. The summed E-state index contributed by atoms with van der Waals surface area (Å²) < 4.78 is 52.4. The van der Waals surface area contributed by atoms with E-state index < -0.39 is 27.3 Å². The molecule has 0 unspecified atom stereocenters. The number of sulfonamides is 1. The van der Waals surface area contributed by atoms with Gasteiger partial charge in [-0.15, -0.1) is 0 Å². The van der Waals surface area contributed by atoms with Crippen LogP contribution in [0.15, 0.2) is 33.9 Å². The first-order valence-corrected chi connectivity index (χ1v) is 7.32. The van der Waals surface area contributed by atoms with Gasteiger partial charge in [0.1, 0.15) is 10.7 Å². The van der Waals surface area contributed by atoms with Gasteiger partial charge in [-0.2, -0.15) is 0 Å². The first-order valence-electron chi connectivity index (χ1n) is 5.04. The number of anilines is 2. The number of nitrogens with zero attached hydrogens (tertiary/aromatic N) is 2. The Bertz CT molecular complexity index is 729. The largest absolute Gasteiger partial charge is 0.368 e. The number of rotatable bonds is 3. The van der Waals surface area contributed by atoms with Crippen molar-refractivity contribution in [1.82, 2.24) is 9.97 Å². The predicted molar refractivity (Wildman–Crippen MR) is 71.3 cm³/mol. The lowest BCUT2D eigenvalue weighted by atomic mass is 10.3. The Morgan fingerprint density at radius 3 is 2.35 bits per heavy atom. The molecule has 106 valence electrons. The minimum absolute atomic E-state index is 0.0741. The summed E-state index contributed by atoms with van der Waals surface area (Å²) in [6, 6.07) is 1.49. The molecule has 3 N–H and O–H groups in total. The summed E-state index contributed by atoms with van der Waals surface area (Å²) in [5, 5.41) is 0. The quantitative estimate of drug-likeness (QED) is 0.866. The van der Waals surface area contributed by atoms with E-state index >= 15 is 0 Å². The van der Waals surface area contributed by atoms with Crippen molar-refractivity contribution in [3.63, 3.8) is 0 Å². The highest BCUT2D eigenvalue weighted by atomic mass is 79.9. The summed E-state index contributed by atoms with van der Waals surface area (Å²) in [7, 11) is -4.11. The lowest BCUT2D eigenvalue weighted by Gasteiger charge is -2.10. The molecule has 0 aliphatic carbocycles. The molecule has 1 aromatic carbocycles. The fraction of sp³-hybridized carbons (Fsp3) is 0. The first-order chi connectivity index (χ1) is 9.29. The fourth-order valence-corrected chi connectivity index (χ4v) is 2.91. The molecule has 6 nitrogen and oxygen atoms in total. The van der Waals surface area contributed by atoms with Gasteiger partial charge in [0, 0.05) is 10.5 Å². The van der Waals surface area contributed by atoms with E-state index in [0.29, 0.717) is 6.07 Å². The molecular weight excluding hydrogens is 358 g/mol. The molecule has 20 heavy (non-hydrogen) atoms. The number of nitrogens with two attached hydrogens (primary N) is 1. The molecule has 0 saturated heterocycles. The van der Waals surface area contributed by atoms with Crippen LogP contribution in [-0.4, -0.2) is 18.4 Å². The second kappa shape index (κ2) is 5.29. The maximum absolute atomic E-state index is 13.6. The Labute approximate surface area is 121 Å². The summed E-state index contributed by atoms with van der Waals surface area (Å²) in [4.78, 5) is 6.75. The van der Waals surface area contributed by atoms with Crippen LogP contribution < -0.4 is 10.5 Å². The van der Waals surface area contributed by atoms with Crippen LogP contribution in [0, 0.1) is 11.6 Å². The summed E-state index contributed by atoms with van der Waals surface area (Å²) in [5.41, 5.74) is 4.83. The molecule has 0 bridgehead atoms. The van der Waals surface area contributed by atoms with Crippen molar-refractivity contribution < 1.29 is 17.2 Å². The van der Waals surface area contributed by atoms with E-state index in [-0.39, 0.29) is 15.3 Å². The molecule has 0 spiro atoms. The number of benzene rings is 1. The Kier molecular flexibility index (Phi) is 3.86. The average molecular weight is 365 g/mol. The van der Waals surface area contributed by atoms with Crippen LogP contribution in [-0.2, 0) is 10.0 Å². The van der Waals surface area contributed by atoms with Gasteiger partial charge in [0.2, 0.25) is 5.95 Å². The SMILES string of the molecule is Nc1ncc(S(=O)(=O)Nc2c(F)cc(F)cc2Br)cn1. The first kappa shape index (κ1) is 14.6. The Morgan fingerprint density at radius 1 is 1.20 bits per heavy atom. The predicted octanol–water partition coefficient (Wildman–Crippen LogP) is 1.90. The van der Waals surface area contributed by atoms with E-state index in [2.05, 4.69) is 25.9 Å². The zero-order valence-corrected chi connectivity index (χ0v) is 12.0. The third-order valence-corrected chi connectivity index (χ3v) is 4.13. The average Bonchev–Trinajstić information content (AvgIpc) is 2.34. The number of hydrogen-bond donors (Lipinski definition) is 2. The minimum Gasteiger partial charge on any atom is -0.368 e. The van der Waals surface area contributed by atoms with Crippen molar-refractivity contribution in [3.05, 3.63) is 40.6 Å². The minimum atomic E-state index is -4.11. The lowest BCUT2D eigenvalue weighted by molar-refractivity contribution is 0.581. The van der Waals surface area contributed by atoms with Gasteiger partial charge in [0.15, 0.2) is 5.82 Å². The third-order valence-electron chi connectivity index (χ3n) is 2.20. The van der Waals surface area contributed by atoms with Crippen LogP contribution in [0.3, 0.4) is 0 Å². The summed E-state index contributed by atoms with van der Waals surface area (Å²) in [5.74, 6) is -2.00. The number of halogens is 3. The van der Waals surface area contributed by atoms with Gasteiger partial charge >= 0.3 is 0 Å². The van der Waals surface area contributed by atoms with Crippen molar-refractivity contribution in [3.8, 4) is 0 Å². The highest BCUT2D eigenvalue weighted by Crippen LogP contribution is 2.28. The molecule has 0 amide bonds. The molecule has 0 atom stereocenters. The normalized spacial score (nSPS) is 11.3. The van der Waals surface area contributed by atoms with E-state index in [9.17, 15) is 17.2 Å². The van der Waals surface area contributed by atoms with Gasteiger partial charge < -0.3 is 5.73 Å². The molecule has 1 aromatic heterocycles. The summed E-state index contributed by atoms with van der Waals surface area (Å²) in [6.07, 6.45) is 1.94. The molecule has 0 fully saturated rings. The van der Waals surface area contributed by atoms with Crippen LogP contribution in [0.25, 0.3) is 0 Å². The van der Waals surface area contributed by atoms with Gasteiger partial charge in [-0.3, -0.25) is 4.72 Å². The van der Waals surface area contributed by atoms with E-state index in [0.717, 1.165) is 18.5 Å². The standard InChI is InChI=1S/C10H7BrF2N4O2S/c11-7-1-5(12)2-8(13)9(7)17-20(18,19)6-3-15-10(14)16-4-6/h1-4,17H,(H2,14,15,16). The monoisotopic (exact) mass is 364 g/mol. The highest BCUT2D eigenvalue weighted by Gasteiger charge is 2.20. The fourth-order valence-electron chi connectivity index (χ4n) is 1.30. The van der Waals surface area contributed by atoms with Crippen molar-refractivity contribution >= 4 is 37.6 Å². The molecule has 0 saturated carbocycles. The molecule has 10 heteroatoms. The van der Waals surface area contributed by atoms with Gasteiger partial charge in [-0.1, -0.05) is 0 Å². The van der Waals surface area contributed by atoms with Gasteiger partial charge in [0.25, 0.3) is 10.0 Å². The summed E-state index contributed by atoms with van der Waals surface area (Å²) in [6.45, 7) is 0. The van der Waals surface area contributed by atoms with Crippen LogP contribution in [0.4, 0.5) is 20.4 Å². The maximum atomic E-state index is 13.6. The van der Waals surface area contributed by atoms with E-state index in [1.807, 2.05) is 4.72 Å². The highest BCUT2D eigenvalue weighted by molar-refractivity contribution is 9.10. The van der Waals surface area contributed by atoms with Crippen LogP contribution in [0.5, 0.6) is 0 Å². The Morgan fingerprint density at radius 2 is 1.80 bits per heavy atom. The Balaban J connectivity index is 2.41. The van der Waals surface area contributed by atoms with Crippen LogP contribution >= 0.6 is 15.9 Å². The number of aromatic nitrogens is 2. The maximum Gasteiger partial charge on any atom is 0.265 e. The molecule has 2 aromatic rings. The third kappa shape index (κ3) is 3.02. The van der Waals surface area contributed by atoms with Crippen LogP contribution in [0.2, 0.25) is 0 Å². The number of nitrogens with one attached hydrogen (secondary N) is 1. The van der Waals surface area contributed by atoms with Crippen LogP contribution in [0.1, 0.15) is 0 Å². The van der Waals surface area contributed by atoms with Crippen molar-refractivity contribution in [1.29, 1.82) is 0 Å². The second-order valence-corrected chi connectivity index (χ2v) is 6.16. The van der Waals surface area contributed by atoms with E-state index in [1.165, 1.54) is 0 Å². The van der Waals surface area contributed by atoms with Gasteiger partial charge in [-0.25, -0.2) is 27.2 Å². The van der Waals surface area contributed by atoms with Gasteiger partial charge in [-0.05, 0) is 22.0 Å². The molecule has 1 heterocycles. The smallest absolute Gasteiger partial charge is 0.265 e. The second-order valence-electron chi connectivity index (χ2n) is 3.63. The topological polar surface area (TPSA) is 98.0 Å². The van der Waals surface area contributed by atoms with Crippen molar-refractivity contribution in [2.45, 2.75) is 4.90 Å². The van der Waals surface area contributed by atoms with E-state index in [4.69, 9.17) is 5.73 Å². The number of hydrogen-bond acceptors (Lipinski definition) is 5. The molecular formula is C10H7BrF2N4O2S. The zero-order chi connectivity index (χ0) is 14.9. The van der Waals surface area contributed by atoms with Gasteiger partial charge in [0.05, 0.1) is 18.1 Å². The number of nitrogen functional groups attached to an aromatic ring is 1. The molecule has 0 radical (unpaired) electrons. The van der Waals surface area contributed by atoms with E-state index in [1.54, 1.807) is 0 Å². The molecule has 0 aliphatic heterocycles. The molecule has 2 rings (SSSR count). The summed E-state index contributed by atoms with van der Waals surface area (Å²) >= 11 is 2.88. The van der Waals surface area contributed by atoms with Crippen molar-refractivity contribution in [2.75, 3.05) is 10.5 Å². The lowest BCUT2D eigenvalue weighted by Crippen LogP contribution is -2.15. The zero-order valence-electron chi connectivity index (χ0n) is 9.64. The van der Waals surface area contributed by atoms with Crippen molar-refractivity contribution in [2.24, 2.45) is 0 Å².